The van der Waals surface area contributed by atoms with E-state index < -0.39 is 0 Å². The van der Waals surface area contributed by atoms with Crippen LogP contribution in [0.3, 0.4) is 0 Å². The lowest BCUT2D eigenvalue weighted by Crippen LogP contribution is -2.20. The van der Waals surface area contributed by atoms with E-state index in [1.165, 1.54) is 12.1 Å². The molecule has 17 heavy (non-hydrogen) atoms. The first-order valence-corrected chi connectivity index (χ1v) is 6.19. The average Bonchev–Trinajstić information content (AvgIpc) is 2.34. The molecule has 0 bridgehead atoms. The normalized spacial score (nSPS) is 14.4. The van der Waals surface area contributed by atoms with Crippen molar-refractivity contribution in [1.29, 1.82) is 0 Å². The molecule has 2 unspecified atom stereocenters. The molecule has 0 aliphatic heterocycles. The zero-order chi connectivity index (χ0) is 12.8. The van der Waals surface area contributed by atoms with Gasteiger partial charge in [0.15, 0.2) is 0 Å². The molecule has 0 aliphatic carbocycles. The van der Waals surface area contributed by atoms with Crippen LogP contribution in [0.4, 0.5) is 4.39 Å². The molecule has 0 saturated heterocycles. The summed E-state index contributed by atoms with van der Waals surface area (Å²) in [6.45, 7) is 4.26. The van der Waals surface area contributed by atoms with Crippen molar-refractivity contribution in [3.05, 3.63) is 29.6 Å². The quantitative estimate of drug-likeness (QED) is 0.822. The summed E-state index contributed by atoms with van der Waals surface area (Å²) in [5.74, 6) is 0.729. The van der Waals surface area contributed by atoms with E-state index in [0.29, 0.717) is 11.7 Å². The Morgan fingerprint density at radius 3 is 2.71 bits per heavy atom. The van der Waals surface area contributed by atoms with Crippen molar-refractivity contribution in [2.75, 3.05) is 7.11 Å². The zero-order valence-corrected chi connectivity index (χ0v) is 10.9. The number of methoxy groups -OCH3 is 1. The van der Waals surface area contributed by atoms with Gasteiger partial charge < -0.3 is 10.5 Å². The van der Waals surface area contributed by atoms with Crippen LogP contribution in [0.25, 0.3) is 0 Å². The standard InChI is InChI=1S/C14H22FNO/c1-4-5-6-10(2)14(16)12-9-11(15)7-8-13(12)17-3/h7-10,14H,4-6,16H2,1-3H3. The van der Waals surface area contributed by atoms with E-state index in [1.807, 2.05) is 0 Å². The summed E-state index contributed by atoms with van der Waals surface area (Å²) in [5, 5.41) is 0. The Morgan fingerprint density at radius 1 is 1.41 bits per heavy atom. The van der Waals surface area contributed by atoms with Gasteiger partial charge in [0.05, 0.1) is 7.11 Å². The summed E-state index contributed by atoms with van der Waals surface area (Å²) in [5.41, 5.74) is 6.94. The fourth-order valence-electron chi connectivity index (χ4n) is 1.98. The number of rotatable bonds is 6. The summed E-state index contributed by atoms with van der Waals surface area (Å²) in [6.07, 6.45) is 3.35. The Kier molecular flexibility index (Phi) is 5.42. The summed E-state index contributed by atoms with van der Waals surface area (Å²) in [6, 6.07) is 4.33. The Morgan fingerprint density at radius 2 is 2.12 bits per heavy atom. The van der Waals surface area contributed by atoms with Gasteiger partial charge in [0.2, 0.25) is 0 Å². The van der Waals surface area contributed by atoms with Crippen molar-refractivity contribution in [3.8, 4) is 5.75 Å². The molecular weight excluding hydrogens is 217 g/mol. The van der Waals surface area contributed by atoms with E-state index in [2.05, 4.69) is 13.8 Å². The number of ether oxygens (including phenoxy) is 1. The smallest absolute Gasteiger partial charge is 0.123 e. The van der Waals surface area contributed by atoms with Gasteiger partial charge in [0.25, 0.3) is 0 Å². The SMILES string of the molecule is CCCCC(C)C(N)c1cc(F)ccc1OC. The largest absolute Gasteiger partial charge is 0.496 e. The van der Waals surface area contributed by atoms with E-state index in [0.717, 1.165) is 24.8 Å². The average molecular weight is 239 g/mol. The molecule has 0 spiro atoms. The van der Waals surface area contributed by atoms with Crippen molar-refractivity contribution < 1.29 is 9.13 Å². The maximum absolute atomic E-state index is 13.2. The van der Waals surface area contributed by atoms with Crippen LogP contribution < -0.4 is 10.5 Å². The van der Waals surface area contributed by atoms with Crippen molar-refractivity contribution >= 4 is 0 Å². The highest BCUT2D eigenvalue weighted by atomic mass is 19.1. The first-order chi connectivity index (χ1) is 8.10. The highest BCUT2D eigenvalue weighted by Crippen LogP contribution is 2.31. The van der Waals surface area contributed by atoms with E-state index in [1.54, 1.807) is 13.2 Å². The van der Waals surface area contributed by atoms with Gasteiger partial charge in [0, 0.05) is 11.6 Å². The summed E-state index contributed by atoms with van der Waals surface area (Å²) in [4.78, 5) is 0. The van der Waals surface area contributed by atoms with E-state index >= 15 is 0 Å². The van der Waals surface area contributed by atoms with Gasteiger partial charge in [0.1, 0.15) is 11.6 Å². The molecule has 0 aliphatic rings. The molecule has 0 amide bonds. The third-order valence-electron chi connectivity index (χ3n) is 3.18. The van der Waals surface area contributed by atoms with Crippen LogP contribution in [0.5, 0.6) is 5.75 Å². The monoisotopic (exact) mass is 239 g/mol. The molecule has 2 N–H and O–H groups in total. The summed E-state index contributed by atoms with van der Waals surface area (Å²) >= 11 is 0. The molecule has 96 valence electrons. The van der Waals surface area contributed by atoms with Crippen molar-refractivity contribution in [1.82, 2.24) is 0 Å². The van der Waals surface area contributed by atoms with Gasteiger partial charge in [-0.2, -0.15) is 0 Å². The summed E-state index contributed by atoms with van der Waals surface area (Å²) in [7, 11) is 1.58. The lowest BCUT2D eigenvalue weighted by atomic mass is 9.90. The molecule has 3 heteroatoms. The minimum atomic E-state index is -0.265. The first kappa shape index (κ1) is 14.0. The van der Waals surface area contributed by atoms with Gasteiger partial charge in [-0.3, -0.25) is 0 Å². The Bertz CT molecular complexity index is 354. The van der Waals surface area contributed by atoms with Gasteiger partial charge in [-0.1, -0.05) is 26.7 Å². The number of hydrogen-bond acceptors (Lipinski definition) is 2. The highest BCUT2D eigenvalue weighted by molar-refractivity contribution is 5.36. The number of unbranched alkanes of at least 4 members (excludes halogenated alkanes) is 1. The fraction of sp³-hybridized carbons (Fsp3) is 0.571. The van der Waals surface area contributed by atoms with Gasteiger partial charge in [-0.25, -0.2) is 4.39 Å². The Hall–Kier alpha value is -1.09. The number of halogens is 1. The zero-order valence-electron chi connectivity index (χ0n) is 10.9. The highest BCUT2D eigenvalue weighted by Gasteiger charge is 2.18. The minimum absolute atomic E-state index is 0.174. The maximum Gasteiger partial charge on any atom is 0.123 e. The molecule has 1 aromatic carbocycles. The molecular formula is C14H22FNO. The van der Waals surface area contributed by atoms with Crippen LogP contribution in [0.2, 0.25) is 0 Å². The minimum Gasteiger partial charge on any atom is -0.496 e. The molecule has 2 nitrogen and oxygen atoms in total. The molecule has 0 heterocycles. The van der Waals surface area contributed by atoms with Crippen LogP contribution in [-0.4, -0.2) is 7.11 Å². The topological polar surface area (TPSA) is 35.2 Å². The van der Waals surface area contributed by atoms with Crippen LogP contribution >= 0.6 is 0 Å². The molecule has 1 rings (SSSR count). The van der Waals surface area contributed by atoms with Crippen LogP contribution in [0, 0.1) is 11.7 Å². The van der Waals surface area contributed by atoms with Crippen molar-refractivity contribution in [2.45, 2.75) is 39.2 Å². The molecule has 0 fully saturated rings. The number of hydrogen-bond donors (Lipinski definition) is 1. The van der Waals surface area contributed by atoms with Gasteiger partial charge in [-0.05, 0) is 30.5 Å². The second-order valence-corrected chi connectivity index (χ2v) is 4.53. The molecule has 0 saturated carbocycles. The fourth-order valence-corrected chi connectivity index (χ4v) is 1.98. The number of benzene rings is 1. The molecule has 0 radical (unpaired) electrons. The van der Waals surface area contributed by atoms with Crippen molar-refractivity contribution in [3.63, 3.8) is 0 Å². The first-order valence-electron chi connectivity index (χ1n) is 6.19. The van der Waals surface area contributed by atoms with Crippen LogP contribution in [-0.2, 0) is 0 Å². The van der Waals surface area contributed by atoms with Gasteiger partial charge >= 0.3 is 0 Å². The lowest BCUT2D eigenvalue weighted by Gasteiger charge is -2.22. The molecule has 0 aromatic heterocycles. The second kappa shape index (κ2) is 6.60. The number of nitrogens with two attached hydrogens (primary N) is 1. The van der Waals surface area contributed by atoms with Crippen LogP contribution in [0.15, 0.2) is 18.2 Å². The Labute approximate surface area is 103 Å². The van der Waals surface area contributed by atoms with Crippen LogP contribution in [0.1, 0.15) is 44.7 Å². The third-order valence-corrected chi connectivity index (χ3v) is 3.18. The predicted octanol–water partition coefficient (Wildman–Crippen LogP) is 3.66. The maximum atomic E-state index is 13.2. The molecule has 2 atom stereocenters. The van der Waals surface area contributed by atoms with Gasteiger partial charge in [-0.15, -0.1) is 0 Å². The third kappa shape index (κ3) is 3.70. The van der Waals surface area contributed by atoms with E-state index in [4.69, 9.17) is 10.5 Å². The van der Waals surface area contributed by atoms with Crippen molar-refractivity contribution in [2.24, 2.45) is 11.7 Å². The summed E-state index contributed by atoms with van der Waals surface area (Å²) < 4.78 is 18.5. The van der Waals surface area contributed by atoms with E-state index in [9.17, 15) is 4.39 Å². The molecule has 1 aromatic rings. The van der Waals surface area contributed by atoms with E-state index in [-0.39, 0.29) is 11.9 Å². The lowest BCUT2D eigenvalue weighted by molar-refractivity contribution is 0.378. The second-order valence-electron chi connectivity index (χ2n) is 4.53. The Balaban J connectivity index is 2.86. The predicted molar refractivity (Wildman–Crippen MR) is 68.6 cm³/mol.